The second kappa shape index (κ2) is 7.24. The molecule has 5 heteroatoms. The number of thiazole rings is 1. The number of aromatic nitrogens is 2. The maximum Gasteiger partial charge on any atom is 0.183 e. The number of benzene rings is 1. The minimum Gasteiger partial charge on any atom is -0.496 e. The Bertz CT molecular complexity index is 771. The first-order valence-corrected chi connectivity index (χ1v) is 8.38. The van der Waals surface area contributed by atoms with Gasteiger partial charge < -0.3 is 10.1 Å². The molecule has 2 aromatic heterocycles. The monoisotopic (exact) mass is 325 g/mol. The van der Waals surface area contributed by atoms with Crippen molar-refractivity contribution in [1.29, 1.82) is 0 Å². The van der Waals surface area contributed by atoms with Gasteiger partial charge in [0, 0.05) is 35.8 Å². The summed E-state index contributed by atoms with van der Waals surface area (Å²) >= 11 is 1.61. The Morgan fingerprint density at radius 2 is 2.13 bits per heavy atom. The van der Waals surface area contributed by atoms with Crippen LogP contribution < -0.4 is 10.1 Å². The van der Waals surface area contributed by atoms with Crippen LogP contribution in [0, 0.1) is 6.92 Å². The van der Waals surface area contributed by atoms with E-state index in [1.54, 1.807) is 18.4 Å². The molecule has 2 heterocycles. The molecule has 0 bridgehead atoms. The van der Waals surface area contributed by atoms with Crippen LogP contribution in [0.1, 0.15) is 11.3 Å². The number of hydrogen-bond donors (Lipinski definition) is 1. The highest BCUT2D eigenvalue weighted by Crippen LogP contribution is 2.32. The number of nitrogens with zero attached hydrogens (tertiary/aromatic N) is 2. The lowest BCUT2D eigenvalue weighted by Gasteiger charge is -2.07. The van der Waals surface area contributed by atoms with E-state index < -0.39 is 0 Å². The van der Waals surface area contributed by atoms with E-state index in [0.717, 1.165) is 40.8 Å². The first kappa shape index (κ1) is 15.5. The smallest absolute Gasteiger partial charge is 0.183 e. The number of methoxy groups -OCH3 is 1. The lowest BCUT2D eigenvalue weighted by Crippen LogP contribution is -2.05. The Labute approximate surface area is 140 Å². The molecule has 0 atom stereocenters. The van der Waals surface area contributed by atoms with E-state index in [1.165, 1.54) is 5.56 Å². The van der Waals surface area contributed by atoms with E-state index in [9.17, 15) is 0 Å². The maximum atomic E-state index is 5.44. The highest BCUT2D eigenvalue weighted by atomic mass is 32.1. The van der Waals surface area contributed by atoms with Crippen molar-refractivity contribution >= 4 is 16.5 Å². The van der Waals surface area contributed by atoms with E-state index in [1.807, 2.05) is 36.5 Å². The Morgan fingerprint density at radius 1 is 1.22 bits per heavy atom. The normalized spacial score (nSPS) is 10.5. The molecule has 0 saturated carbocycles. The van der Waals surface area contributed by atoms with Crippen molar-refractivity contribution in [2.24, 2.45) is 0 Å². The standard InChI is InChI=1S/C18H19N3OS/c1-13-6-7-17(22-2)15(11-13)16-12-23-18(21-16)20-10-8-14-5-3-4-9-19-14/h3-7,9,11-12H,8,10H2,1-2H3,(H,20,21). The molecule has 3 aromatic rings. The fourth-order valence-corrected chi connectivity index (χ4v) is 3.08. The van der Waals surface area contributed by atoms with Crippen LogP contribution in [0.15, 0.2) is 48.0 Å². The Hall–Kier alpha value is -2.40. The molecule has 0 aliphatic carbocycles. The molecule has 4 nitrogen and oxygen atoms in total. The number of hydrogen-bond acceptors (Lipinski definition) is 5. The van der Waals surface area contributed by atoms with Crippen LogP contribution in [0.4, 0.5) is 5.13 Å². The fourth-order valence-electron chi connectivity index (χ4n) is 2.34. The number of pyridine rings is 1. The Kier molecular flexibility index (Phi) is 4.88. The molecule has 0 radical (unpaired) electrons. The van der Waals surface area contributed by atoms with Gasteiger partial charge in [0.1, 0.15) is 5.75 Å². The van der Waals surface area contributed by atoms with Crippen LogP contribution >= 0.6 is 11.3 Å². The van der Waals surface area contributed by atoms with Gasteiger partial charge in [0.2, 0.25) is 0 Å². The van der Waals surface area contributed by atoms with Gasteiger partial charge in [0.25, 0.3) is 0 Å². The predicted octanol–water partition coefficient (Wildman–Crippen LogP) is 4.18. The van der Waals surface area contributed by atoms with Crippen LogP contribution in [0.2, 0.25) is 0 Å². The highest BCUT2D eigenvalue weighted by molar-refractivity contribution is 7.14. The van der Waals surface area contributed by atoms with Crippen molar-refractivity contribution in [1.82, 2.24) is 9.97 Å². The van der Waals surface area contributed by atoms with Gasteiger partial charge in [-0.3, -0.25) is 4.98 Å². The fraction of sp³-hybridized carbons (Fsp3) is 0.222. The molecule has 0 spiro atoms. The molecule has 3 rings (SSSR count). The third kappa shape index (κ3) is 3.87. The molecule has 1 aromatic carbocycles. The van der Waals surface area contributed by atoms with Crippen LogP contribution in [0.3, 0.4) is 0 Å². The zero-order valence-electron chi connectivity index (χ0n) is 13.2. The van der Waals surface area contributed by atoms with Crippen molar-refractivity contribution in [3.63, 3.8) is 0 Å². The summed E-state index contributed by atoms with van der Waals surface area (Å²) in [7, 11) is 1.69. The molecule has 118 valence electrons. The first-order chi connectivity index (χ1) is 11.3. The summed E-state index contributed by atoms with van der Waals surface area (Å²) in [5.74, 6) is 0.848. The van der Waals surface area contributed by atoms with Crippen LogP contribution in [0.5, 0.6) is 5.75 Å². The molecule has 1 N–H and O–H groups in total. The summed E-state index contributed by atoms with van der Waals surface area (Å²) in [6.45, 7) is 2.89. The molecule has 0 unspecified atom stereocenters. The number of rotatable bonds is 6. The van der Waals surface area contributed by atoms with Crippen LogP contribution in [-0.2, 0) is 6.42 Å². The average Bonchev–Trinajstić information content (AvgIpc) is 3.04. The maximum absolute atomic E-state index is 5.44. The molecular formula is C18H19N3OS. The summed E-state index contributed by atoms with van der Waals surface area (Å²) in [4.78, 5) is 8.99. The summed E-state index contributed by atoms with van der Waals surface area (Å²) in [5, 5.41) is 6.33. The molecule has 0 saturated heterocycles. The SMILES string of the molecule is COc1ccc(C)cc1-c1csc(NCCc2ccccn2)n1. The zero-order chi connectivity index (χ0) is 16.1. The van der Waals surface area contributed by atoms with Crippen molar-refractivity contribution in [2.75, 3.05) is 19.0 Å². The third-order valence-electron chi connectivity index (χ3n) is 3.52. The van der Waals surface area contributed by atoms with Gasteiger partial charge in [0.05, 0.1) is 12.8 Å². The Balaban J connectivity index is 1.67. The molecule has 0 amide bonds. The van der Waals surface area contributed by atoms with Crippen LogP contribution in [0.25, 0.3) is 11.3 Å². The molecule has 23 heavy (non-hydrogen) atoms. The largest absolute Gasteiger partial charge is 0.496 e. The second-order valence-electron chi connectivity index (χ2n) is 5.24. The average molecular weight is 325 g/mol. The minimum absolute atomic E-state index is 0.814. The van der Waals surface area contributed by atoms with E-state index in [2.05, 4.69) is 33.7 Å². The van der Waals surface area contributed by atoms with Crippen LogP contribution in [-0.4, -0.2) is 23.6 Å². The van der Waals surface area contributed by atoms with Gasteiger partial charge in [-0.05, 0) is 31.2 Å². The second-order valence-corrected chi connectivity index (χ2v) is 6.10. The Morgan fingerprint density at radius 3 is 2.91 bits per heavy atom. The van der Waals surface area contributed by atoms with E-state index >= 15 is 0 Å². The van der Waals surface area contributed by atoms with Gasteiger partial charge in [0.15, 0.2) is 5.13 Å². The van der Waals surface area contributed by atoms with Gasteiger partial charge in [-0.1, -0.05) is 17.7 Å². The molecule has 0 aliphatic heterocycles. The summed E-state index contributed by atoms with van der Waals surface area (Å²) in [6, 6.07) is 12.1. The first-order valence-electron chi connectivity index (χ1n) is 7.50. The van der Waals surface area contributed by atoms with Gasteiger partial charge >= 0.3 is 0 Å². The molecule has 0 aliphatic rings. The topological polar surface area (TPSA) is 47.0 Å². The van der Waals surface area contributed by atoms with Gasteiger partial charge in [-0.15, -0.1) is 11.3 Å². The number of aryl methyl sites for hydroxylation is 1. The summed E-state index contributed by atoms with van der Waals surface area (Å²) in [5.41, 5.74) is 4.24. The van der Waals surface area contributed by atoms with Crippen molar-refractivity contribution in [2.45, 2.75) is 13.3 Å². The van der Waals surface area contributed by atoms with Crippen molar-refractivity contribution in [3.05, 3.63) is 59.2 Å². The van der Waals surface area contributed by atoms with Gasteiger partial charge in [-0.25, -0.2) is 4.98 Å². The van der Waals surface area contributed by atoms with Crippen molar-refractivity contribution in [3.8, 4) is 17.0 Å². The quantitative estimate of drug-likeness (QED) is 0.738. The lowest BCUT2D eigenvalue weighted by molar-refractivity contribution is 0.416. The molecular weight excluding hydrogens is 306 g/mol. The number of ether oxygens (including phenoxy) is 1. The summed E-state index contributed by atoms with van der Waals surface area (Å²) < 4.78 is 5.44. The van der Waals surface area contributed by atoms with Crippen molar-refractivity contribution < 1.29 is 4.74 Å². The minimum atomic E-state index is 0.814. The third-order valence-corrected chi connectivity index (χ3v) is 4.32. The molecule has 0 fully saturated rings. The highest BCUT2D eigenvalue weighted by Gasteiger charge is 2.10. The lowest BCUT2D eigenvalue weighted by atomic mass is 10.1. The number of anilines is 1. The summed E-state index contributed by atoms with van der Waals surface area (Å²) in [6.07, 6.45) is 2.70. The number of nitrogens with one attached hydrogen (secondary N) is 1. The van der Waals surface area contributed by atoms with E-state index in [-0.39, 0.29) is 0 Å². The predicted molar refractivity (Wildman–Crippen MR) is 95.3 cm³/mol. The van der Waals surface area contributed by atoms with E-state index in [4.69, 9.17) is 4.74 Å². The van der Waals surface area contributed by atoms with Gasteiger partial charge in [-0.2, -0.15) is 0 Å². The zero-order valence-corrected chi connectivity index (χ0v) is 14.1. The van der Waals surface area contributed by atoms with E-state index in [0.29, 0.717) is 0 Å².